The predicted octanol–water partition coefficient (Wildman–Crippen LogP) is 1.00. The van der Waals surface area contributed by atoms with Crippen LogP contribution in [0.15, 0.2) is 30.3 Å². The fourth-order valence-corrected chi connectivity index (χ4v) is 3.90. The highest BCUT2D eigenvalue weighted by Gasteiger charge is 2.52. The van der Waals surface area contributed by atoms with Gasteiger partial charge in [0.2, 0.25) is 5.91 Å². The van der Waals surface area contributed by atoms with Crippen LogP contribution < -0.4 is 15.8 Å². The number of carbonyl (C=O) groups excluding carboxylic acids is 1. The lowest BCUT2D eigenvalue weighted by Gasteiger charge is -2.38. The van der Waals surface area contributed by atoms with Crippen LogP contribution in [0.5, 0.6) is 0 Å². The second-order valence-corrected chi connectivity index (χ2v) is 6.41. The summed E-state index contributed by atoms with van der Waals surface area (Å²) in [5.41, 5.74) is 4.59. The summed E-state index contributed by atoms with van der Waals surface area (Å²) in [6.45, 7) is 0. The molecule has 112 valence electrons. The van der Waals surface area contributed by atoms with Crippen LogP contribution in [0, 0.1) is 11.8 Å². The first-order valence-electron chi connectivity index (χ1n) is 7.82. The molecule has 1 aromatic carbocycles. The van der Waals surface area contributed by atoms with Gasteiger partial charge in [0.15, 0.2) is 0 Å². The molecule has 3 N–H and O–H groups in total. The highest BCUT2D eigenvalue weighted by molar-refractivity contribution is 5.78. The first kappa shape index (κ1) is 13.1. The first-order chi connectivity index (χ1) is 10.2. The van der Waals surface area contributed by atoms with Gasteiger partial charge in [0, 0.05) is 12.0 Å². The van der Waals surface area contributed by atoms with Crippen molar-refractivity contribution in [2.45, 2.75) is 44.0 Å². The van der Waals surface area contributed by atoms with Gasteiger partial charge in [0.1, 0.15) is 6.17 Å². The molecular weight excluding hydrogens is 266 g/mol. The van der Waals surface area contributed by atoms with E-state index in [1.165, 1.54) is 19.3 Å². The molecule has 2 aliphatic heterocycles. The molecule has 1 aromatic rings. The molecule has 4 atom stereocenters. The minimum Gasteiger partial charge on any atom is -0.392 e. The number of aliphatic hydroxyl groups excluding tert-OH is 1. The van der Waals surface area contributed by atoms with Crippen LogP contribution in [0.3, 0.4) is 0 Å². The van der Waals surface area contributed by atoms with Gasteiger partial charge >= 0.3 is 0 Å². The zero-order valence-corrected chi connectivity index (χ0v) is 11.9. The highest BCUT2D eigenvalue weighted by Crippen LogP contribution is 2.41. The number of nitrogens with zero attached hydrogens (tertiary/aromatic N) is 1. The van der Waals surface area contributed by atoms with Crippen LogP contribution in [0.4, 0.5) is 5.69 Å². The fourth-order valence-electron chi connectivity index (χ4n) is 3.90. The van der Waals surface area contributed by atoms with Gasteiger partial charge in [-0.05, 0) is 30.9 Å². The zero-order valence-electron chi connectivity index (χ0n) is 11.9. The van der Waals surface area contributed by atoms with E-state index in [1.54, 1.807) is 0 Å². The number of rotatable bonds is 2. The van der Waals surface area contributed by atoms with Gasteiger partial charge in [0.05, 0.1) is 18.2 Å². The van der Waals surface area contributed by atoms with Crippen LogP contribution in [-0.4, -0.2) is 29.3 Å². The van der Waals surface area contributed by atoms with Crippen molar-refractivity contribution < 1.29 is 9.90 Å². The van der Waals surface area contributed by atoms with Gasteiger partial charge in [-0.15, -0.1) is 0 Å². The molecular formula is C16H21N3O2. The molecule has 2 heterocycles. The van der Waals surface area contributed by atoms with E-state index >= 15 is 0 Å². The number of hydrogen-bond acceptors (Lipinski definition) is 4. The summed E-state index contributed by atoms with van der Waals surface area (Å²) in [7, 11) is 0. The summed E-state index contributed by atoms with van der Waals surface area (Å²) >= 11 is 0. The van der Waals surface area contributed by atoms with Crippen molar-refractivity contribution in [3.8, 4) is 0 Å². The number of para-hydroxylation sites is 1. The van der Waals surface area contributed by atoms with E-state index in [2.05, 4.69) is 10.7 Å². The molecule has 0 spiro atoms. The maximum Gasteiger partial charge on any atom is 0.224 e. The molecule has 1 saturated carbocycles. The number of hydrazine groups is 1. The molecule has 0 aromatic heterocycles. The lowest BCUT2D eigenvalue weighted by atomic mass is 9.72. The summed E-state index contributed by atoms with van der Waals surface area (Å²) in [5, 5.41) is 15.5. The number of amides is 1. The number of aliphatic hydroxyl groups is 1. The molecule has 1 amide bonds. The van der Waals surface area contributed by atoms with Gasteiger partial charge < -0.3 is 10.4 Å². The van der Waals surface area contributed by atoms with Crippen molar-refractivity contribution in [3.05, 3.63) is 30.3 Å². The van der Waals surface area contributed by atoms with E-state index in [-0.39, 0.29) is 30.5 Å². The Bertz CT molecular complexity index is 532. The number of fused-ring (bicyclic) bond motifs is 1. The molecule has 2 saturated heterocycles. The van der Waals surface area contributed by atoms with E-state index in [1.807, 2.05) is 35.3 Å². The van der Waals surface area contributed by atoms with Crippen LogP contribution in [0.1, 0.15) is 25.7 Å². The Labute approximate surface area is 124 Å². The van der Waals surface area contributed by atoms with Crippen LogP contribution in [0.2, 0.25) is 0 Å². The second kappa shape index (κ2) is 5.00. The lowest BCUT2D eigenvalue weighted by molar-refractivity contribution is -0.128. The van der Waals surface area contributed by atoms with E-state index < -0.39 is 6.10 Å². The Balaban J connectivity index is 1.66. The fraction of sp³-hybridized carbons (Fsp3) is 0.562. The van der Waals surface area contributed by atoms with Crippen molar-refractivity contribution in [2.75, 3.05) is 5.01 Å². The quantitative estimate of drug-likeness (QED) is 0.759. The van der Waals surface area contributed by atoms with Gasteiger partial charge in [-0.25, -0.2) is 5.43 Å². The summed E-state index contributed by atoms with van der Waals surface area (Å²) in [5.74, 6) is 0.602. The van der Waals surface area contributed by atoms with Gasteiger partial charge in [0.25, 0.3) is 0 Å². The molecule has 5 heteroatoms. The topological polar surface area (TPSA) is 64.6 Å². The van der Waals surface area contributed by atoms with Crippen LogP contribution in [-0.2, 0) is 4.79 Å². The third kappa shape index (κ3) is 2.12. The molecule has 0 radical (unpaired) electrons. The molecule has 1 aliphatic carbocycles. The number of anilines is 1. The largest absolute Gasteiger partial charge is 0.392 e. The standard InChI is InChI=1S/C16H21N3O2/c20-12-9-13(21)17-16-14(12)15(10-5-4-6-10)18-19(16)11-7-2-1-3-8-11/h1-3,7-8,10,12,14-16,18,20H,4-6,9H2,(H,17,21). The van der Waals surface area contributed by atoms with E-state index in [4.69, 9.17) is 0 Å². The van der Waals surface area contributed by atoms with Gasteiger partial charge in [-0.2, -0.15) is 0 Å². The summed E-state index contributed by atoms with van der Waals surface area (Å²) in [4.78, 5) is 11.8. The Morgan fingerprint density at radius 1 is 1.19 bits per heavy atom. The van der Waals surface area contributed by atoms with Gasteiger partial charge in [-0.3, -0.25) is 9.80 Å². The summed E-state index contributed by atoms with van der Waals surface area (Å²) in [6, 6.07) is 10.3. The van der Waals surface area contributed by atoms with E-state index in [9.17, 15) is 9.90 Å². The number of nitrogens with one attached hydrogen (secondary N) is 2. The highest BCUT2D eigenvalue weighted by atomic mass is 16.3. The average Bonchev–Trinajstić information content (AvgIpc) is 2.77. The second-order valence-electron chi connectivity index (χ2n) is 6.41. The molecule has 21 heavy (non-hydrogen) atoms. The first-order valence-corrected chi connectivity index (χ1v) is 7.82. The summed E-state index contributed by atoms with van der Waals surface area (Å²) in [6.07, 6.45) is 3.20. The molecule has 4 unspecified atom stereocenters. The minimum absolute atomic E-state index is 0.0632. The third-order valence-corrected chi connectivity index (χ3v) is 5.19. The van der Waals surface area contributed by atoms with Crippen molar-refractivity contribution in [3.63, 3.8) is 0 Å². The molecule has 3 fully saturated rings. The molecule has 5 nitrogen and oxygen atoms in total. The molecule has 4 rings (SSSR count). The van der Waals surface area contributed by atoms with E-state index in [0.717, 1.165) is 5.69 Å². The monoisotopic (exact) mass is 287 g/mol. The average molecular weight is 287 g/mol. The minimum atomic E-state index is -0.560. The molecule has 0 bridgehead atoms. The van der Waals surface area contributed by atoms with Crippen molar-refractivity contribution in [1.29, 1.82) is 0 Å². The normalized spacial score (nSPS) is 36.0. The van der Waals surface area contributed by atoms with Crippen LogP contribution >= 0.6 is 0 Å². The van der Waals surface area contributed by atoms with Crippen molar-refractivity contribution >= 4 is 11.6 Å². The number of benzene rings is 1. The Morgan fingerprint density at radius 3 is 2.62 bits per heavy atom. The van der Waals surface area contributed by atoms with E-state index in [0.29, 0.717) is 5.92 Å². The number of hydrogen-bond donors (Lipinski definition) is 3. The maximum absolute atomic E-state index is 11.8. The Kier molecular flexibility index (Phi) is 3.12. The zero-order chi connectivity index (χ0) is 14.4. The Hall–Kier alpha value is -1.59. The lowest BCUT2D eigenvalue weighted by Crippen LogP contribution is -2.57. The van der Waals surface area contributed by atoms with Gasteiger partial charge in [-0.1, -0.05) is 24.6 Å². The van der Waals surface area contributed by atoms with Crippen LogP contribution in [0.25, 0.3) is 0 Å². The number of piperidine rings is 1. The third-order valence-electron chi connectivity index (χ3n) is 5.19. The number of carbonyl (C=O) groups is 1. The maximum atomic E-state index is 11.8. The summed E-state index contributed by atoms with van der Waals surface area (Å²) < 4.78 is 0. The van der Waals surface area contributed by atoms with Crippen molar-refractivity contribution in [1.82, 2.24) is 10.7 Å². The Morgan fingerprint density at radius 2 is 1.95 bits per heavy atom. The molecule has 3 aliphatic rings. The SMILES string of the molecule is O=C1CC(O)C2C(C3CCC3)NN(c3ccccc3)C2N1. The predicted molar refractivity (Wildman–Crippen MR) is 79.2 cm³/mol. The smallest absolute Gasteiger partial charge is 0.224 e. The van der Waals surface area contributed by atoms with Crippen molar-refractivity contribution in [2.24, 2.45) is 11.8 Å².